The number of carbonyl (C=O) groups excluding carboxylic acids is 1. The SMILES string of the molecule is O=Cc1c2c(nn1C1CCSCC1)CCC2. The number of rotatable bonds is 2. The monoisotopic (exact) mass is 236 g/mol. The van der Waals surface area contributed by atoms with E-state index in [4.69, 9.17) is 0 Å². The Bertz CT molecular complexity index is 407. The minimum Gasteiger partial charge on any atom is -0.296 e. The molecule has 0 saturated carbocycles. The molecule has 1 aromatic heterocycles. The van der Waals surface area contributed by atoms with Crippen LogP contribution in [-0.4, -0.2) is 27.6 Å². The molecule has 86 valence electrons. The third-order valence-corrected chi connectivity index (χ3v) is 4.67. The van der Waals surface area contributed by atoms with Crippen molar-refractivity contribution in [3.63, 3.8) is 0 Å². The van der Waals surface area contributed by atoms with Crippen molar-refractivity contribution >= 4 is 18.0 Å². The van der Waals surface area contributed by atoms with E-state index in [0.29, 0.717) is 6.04 Å². The van der Waals surface area contributed by atoms with Crippen LogP contribution in [0.4, 0.5) is 0 Å². The molecule has 3 nitrogen and oxygen atoms in total. The molecule has 4 heteroatoms. The molecule has 1 aliphatic carbocycles. The highest BCUT2D eigenvalue weighted by Gasteiger charge is 2.26. The lowest BCUT2D eigenvalue weighted by atomic mass is 10.1. The quantitative estimate of drug-likeness (QED) is 0.739. The molecule has 0 amide bonds. The second-order valence-electron chi connectivity index (χ2n) is 4.57. The van der Waals surface area contributed by atoms with Gasteiger partial charge < -0.3 is 0 Å². The molecular formula is C12H16N2OS. The summed E-state index contributed by atoms with van der Waals surface area (Å²) in [4.78, 5) is 11.2. The lowest BCUT2D eigenvalue weighted by Gasteiger charge is -2.23. The van der Waals surface area contributed by atoms with Crippen molar-refractivity contribution in [2.24, 2.45) is 0 Å². The molecule has 2 heterocycles. The van der Waals surface area contributed by atoms with E-state index in [2.05, 4.69) is 5.10 Å². The molecule has 0 atom stereocenters. The number of aromatic nitrogens is 2. The molecule has 0 N–H and O–H groups in total. The van der Waals surface area contributed by atoms with Gasteiger partial charge in [-0.3, -0.25) is 9.48 Å². The zero-order valence-corrected chi connectivity index (χ0v) is 10.1. The van der Waals surface area contributed by atoms with Gasteiger partial charge in [0.15, 0.2) is 6.29 Å². The van der Waals surface area contributed by atoms with Crippen molar-refractivity contribution in [1.29, 1.82) is 0 Å². The zero-order chi connectivity index (χ0) is 11.0. The van der Waals surface area contributed by atoms with Gasteiger partial charge in [-0.15, -0.1) is 0 Å². The fourth-order valence-corrected chi connectivity index (χ4v) is 3.85. The first-order valence-corrected chi connectivity index (χ1v) is 7.19. The molecule has 1 aliphatic heterocycles. The number of carbonyl (C=O) groups is 1. The molecule has 0 radical (unpaired) electrons. The lowest BCUT2D eigenvalue weighted by molar-refractivity contribution is 0.111. The predicted molar refractivity (Wildman–Crippen MR) is 65.2 cm³/mol. The summed E-state index contributed by atoms with van der Waals surface area (Å²) in [6, 6.07) is 0.465. The van der Waals surface area contributed by atoms with Gasteiger partial charge in [-0.2, -0.15) is 16.9 Å². The Labute approximate surface area is 99.6 Å². The van der Waals surface area contributed by atoms with E-state index >= 15 is 0 Å². The van der Waals surface area contributed by atoms with E-state index in [-0.39, 0.29) is 0 Å². The second-order valence-corrected chi connectivity index (χ2v) is 5.79. The van der Waals surface area contributed by atoms with E-state index in [0.717, 1.165) is 37.7 Å². The van der Waals surface area contributed by atoms with Gasteiger partial charge in [0, 0.05) is 5.56 Å². The molecule has 16 heavy (non-hydrogen) atoms. The van der Waals surface area contributed by atoms with Crippen LogP contribution < -0.4 is 0 Å². The van der Waals surface area contributed by atoms with Crippen LogP contribution in [-0.2, 0) is 12.8 Å². The highest BCUT2D eigenvalue weighted by Crippen LogP contribution is 2.31. The normalized spacial score (nSPS) is 21.0. The third-order valence-electron chi connectivity index (χ3n) is 3.62. The van der Waals surface area contributed by atoms with Crippen LogP contribution in [0.25, 0.3) is 0 Å². The Morgan fingerprint density at radius 1 is 1.31 bits per heavy atom. The fourth-order valence-electron chi connectivity index (χ4n) is 2.77. The molecule has 0 unspecified atom stereocenters. The van der Waals surface area contributed by atoms with Crippen LogP contribution in [0.2, 0.25) is 0 Å². The Hall–Kier alpha value is -0.770. The maximum Gasteiger partial charge on any atom is 0.168 e. The lowest BCUT2D eigenvalue weighted by Crippen LogP contribution is -2.19. The number of fused-ring (bicyclic) bond motifs is 1. The van der Waals surface area contributed by atoms with Crippen molar-refractivity contribution in [2.75, 3.05) is 11.5 Å². The van der Waals surface area contributed by atoms with Crippen molar-refractivity contribution in [2.45, 2.75) is 38.1 Å². The van der Waals surface area contributed by atoms with Gasteiger partial charge in [-0.05, 0) is 43.6 Å². The summed E-state index contributed by atoms with van der Waals surface area (Å²) in [6.45, 7) is 0. The number of aryl methyl sites for hydroxylation is 1. The molecule has 1 saturated heterocycles. The molecule has 3 rings (SSSR count). The first kappa shape index (κ1) is 10.4. The predicted octanol–water partition coefficient (Wildman–Crippen LogP) is 2.25. The Balaban J connectivity index is 1.96. The highest BCUT2D eigenvalue weighted by molar-refractivity contribution is 7.99. The van der Waals surface area contributed by atoms with Crippen LogP contribution in [0.3, 0.4) is 0 Å². The molecular weight excluding hydrogens is 220 g/mol. The molecule has 1 aromatic rings. The van der Waals surface area contributed by atoms with E-state index in [1.165, 1.54) is 29.2 Å². The topological polar surface area (TPSA) is 34.9 Å². The third kappa shape index (κ3) is 1.59. The van der Waals surface area contributed by atoms with Crippen LogP contribution in [0, 0.1) is 0 Å². The Morgan fingerprint density at radius 2 is 2.12 bits per heavy atom. The maximum absolute atomic E-state index is 11.2. The Morgan fingerprint density at radius 3 is 2.88 bits per heavy atom. The zero-order valence-electron chi connectivity index (χ0n) is 9.32. The average Bonchev–Trinajstić information content (AvgIpc) is 2.89. The number of hydrogen-bond donors (Lipinski definition) is 0. The van der Waals surface area contributed by atoms with Gasteiger partial charge in [0.2, 0.25) is 0 Å². The van der Waals surface area contributed by atoms with E-state index in [1.807, 2.05) is 16.4 Å². The minimum absolute atomic E-state index is 0.465. The summed E-state index contributed by atoms with van der Waals surface area (Å²) in [5.74, 6) is 2.40. The minimum atomic E-state index is 0.465. The van der Waals surface area contributed by atoms with Gasteiger partial charge in [-0.25, -0.2) is 0 Å². The van der Waals surface area contributed by atoms with Crippen molar-refractivity contribution in [3.8, 4) is 0 Å². The van der Waals surface area contributed by atoms with Crippen molar-refractivity contribution in [3.05, 3.63) is 17.0 Å². The summed E-state index contributed by atoms with van der Waals surface area (Å²) < 4.78 is 2.02. The van der Waals surface area contributed by atoms with Crippen LogP contribution in [0.5, 0.6) is 0 Å². The molecule has 0 aromatic carbocycles. The van der Waals surface area contributed by atoms with E-state index < -0.39 is 0 Å². The second kappa shape index (κ2) is 4.24. The molecule has 1 fully saturated rings. The highest BCUT2D eigenvalue weighted by atomic mass is 32.2. The standard InChI is InChI=1S/C12H16N2OS/c15-8-12-10-2-1-3-11(10)13-14(12)9-4-6-16-7-5-9/h8-9H,1-7H2. The van der Waals surface area contributed by atoms with Gasteiger partial charge in [0.1, 0.15) is 5.69 Å². The summed E-state index contributed by atoms with van der Waals surface area (Å²) in [5.41, 5.74) is 3.28. The van der Waals surface area contributed by atoms with Crippen LogP contribution in [0.1, 0.15) is 47.1 Å². The Kier molecular flexibility index (Phi) is 2.75. The van der Waals surface area contributed by atoms with E-state index in [9.17, 15) is 4.79 Å². The van der Waals surface area contributed by atoms with E-state index in [1.54, 1.807) is 0 Å². The van der Waals surface area contributed by atoms with Crippen molar-refractivity contribution < 1.29 is 4.79 Å². The first-order valence-electron chi connectivity index (χ1n) is 6.03. The molecule has 0 spiro atoms. The summed E-state index contributed by atoms with van der Waals surface area (Å²) >= 11 is 2.01. The average molecular weight is 236 g/mol. The van der Waals surface area contributed by atoms with Crippen LogP contribution >= 0.6 is 11.8 Å². The number of hydrogen-bond acceptors (Lipinski definition) is 3. The smallest absolute Gasteiger partial charge is 0.168 e. The molecule has 2 aliphatic rings. The maximum atomic E-state index is 11.2. The summed E-state index contributed by atoms with van der Waals surface area (Å²) in [7, 11) is 0. The van der Waals surface area contributed by atoms with Crippen LogP contribution in [0.15, 0.2) is 0 Å². The number of aldehydes is 1. The fraction of sp³-hybridized carbons (Fsp3) is 0.667. The first-order chi connectivity index (χ1) is 7.90. The number of nitrogens with zero attached hydrogens (tertiary/aromatic N) is 2. The van der Waals surface area contributed by atoms with Gasteiger partial charge >= 0.3 is 0 Å². The van der Waals surface area contributed by atoms with Gasteiger partial charge in [0.05, 0.1) is 11.7 Å². The van der Waals surface area contributed by atoms with Crippen molar-refractivity contribution in [1.82, 2.24) is 9.78 Å². The summed E-state index contributed by atoms with van der Waals surface area (Å²) in [5, 5.41) is 4.66. The number of thioether (sulfide) groups is 1. The summed E-state index contributed by atoms with van der Waals surface area (Å²) in [6.07, 6.45) is 6.60. The van der Waals surface area contributed by atoms with Gasteiger partial charge in [-0.1, -0.05) is 0 Å². The largest absolute Gasteiger partial charge is 0.296 e. The molecule has 0 bridgehead atoms. The van der Waals surface area contributed by atoms with Gasteiger partial charge in [0.25, 0.3) is 0 Å².